The van der Waals surface area contributed by atoms with Gasteiger partial charge in [0.15, 0.2) is 5.69 Å². The van der Waals surface area contributed by atoms with E-state index in [1.165, 1.54) is 36.1 Å². The Hall–Kier alpha value is -3.03. The first kappa shape index (κ1) is 17.3. The molecule has 9 nitrogen and oxygen atoms in total. The molecule has 0 atom stereocenters. The molecule has 0 amide bonds. The van der Waals surface area contributed by atoms with Crippen molar-refractivity contribution in [3.05, 3.63) is 35.7 Å². The molecule has 0 aliphatic heterocycles. The second-order valence-electron chi connectivity index (χ2n) is 4.66. The number of nitrogens with zero attached hydrogens (tertiary/aromatic N) is 2. The highest BCUT2D eigenvalue weighted by molar-refractivity contribution is 7.89. The molecule has 10 heteroatoms. The quantitative estimate of drug-likeness (QED) is 0.756. The van der Waals surface area contributed by atoms with Crippen molar-refractivity contribution in [1.82, 2.24) is 4.57 Å². The number of carbonyl (C=O) groups is 1. The second kappa shape index (κ2) is 6.23. The number of nitrogen functional groups attached to an aromatic ring is 1. The van der Waals surface area contributed by atoms with Crippen molar-refractivity contribution in [3.8, 4) is 17.5 Å². The number of hydrogen-bond donors (Lipinski definition) is 2. The number of carbonyl (C=O) groups excluding carboxylic acids is 1. The number of aromatic nitrogens is 1. The number of nitriles is 1. The van der Waals surface area contributed by atoms with Gasteiger partial charge in [-0.15, -0.1) is 0 Å². The lowest BCUT2D eigenvalue weighted by Gasteiger charge is -2.12. The van der Waals surface area contributed by atoms with Crippen molar-refractivity contribution in [2.45, 2.75) is 4.90 Å². The van der Waals surface area contributed by atoms with Crippen LogP contribution >= 0.6 is 0 Å². The lowest BCUT2D eigenvalue weighted by Crippen LogP contribution is -2.15. The van der Waals surface area contributed by atoms with Crippen LogP contribution in [0.15, 0.2) is 29.3 Å². The van der Waals surface area contributed by atoms with Crippen molar-refractivity contribution >= 4 is 21.7 Å². The predicted molar refractivity (Wildman–Crippen MR) is 84.2 cm³/mol. The average Bonchev–Trinajstić information content (AvgIpc) is 2.89. The Morgan fingerprint density at radius 1 is 1.33 bits per heavy atom. The fraction of sp³-hybridized carbons (Fsp3) is 0.143. The lowest BCUT2D eigenvalue weighted by atomic mass is 10.2. The number of methoxy groups -OCH3 is 2. The normalized spacial score (nSPS) is 10.9. The molecule has 0 saturated carbocycles. The van der Waals surface area contributed by atoms with E-state index in [-0.39, 0.29) is 33.3 Å². The molecule has 0 radical (unpaired) electrons. The monoisotopic (exact) mass is 350 g/mol. The van der Waals surface area contributed by atoms with Crippen LogP contribution in [0.25, 0.3) is 5.69 Å². The van der Waals surface area contributed by atoms with Crippen LogP contribution in [0.1, 0.15) is 16.1 Å². The zero-order valence-electron chi connectivity index (χ0n) is 12.8. The molecule has 0 spiro atoms. The van der Waals surface area contributed by atoms with Crippen molar-refractivity contribution in [3.63, 3.8) is 0 Å². The van der Waals surface area contributed by atoms with E-state index in [4.69, 9.17) is 20.9 Å². The number of benzene rings is 1. The summed E-state index contributed by atoms with van der Waals surface area (Å²) in [5, 5.41) is 14.3. The van der Waals surface area contributed by atoms with Gasteiger partial charge < -0.3 is 19.8 Å². The van der Waals surface area contributed by atoms with E-state index < -0.39 is 16.0 Å². The highest BCUT2D eigenvalue weighted by Crippen LogP contribution is 2.29. The first-order chi connectivity index (χ1) is 11.2. The fourth-order valence-electron chi connectivity index (χ4n) is 2.16. The average molecular weight is 350 g/mol. The topological polar surface area (TPSA) is 150 Å². The van der Waals surface area contributed by atoms with Gasteiger partial charge in [0, 0.05) is 11.9 Å². The number of anilines is 1. The van der Waals surface area contributed by atoms with Crippen LogP contribution in [0.4, 0.5) is 5.69 Å². The Balaban J connectivity index is 2.78. The molecule has 24 heavy (non-hydrogen) atoms. The number of ether oxygens (including phenoxy) is 2. The van der Waals surface area contributed by atoms with Gasteiger partial charge in [0.1, 0.15) is 16.7 Å². The highest BCUT2D eigenvalue weighted by Gasteiger charge is 2.23. The van der Waals surface area contributed by atoms with Gasteiger partial charge in [-0.05, 0) is 18.2 Å². The molecule has 0 fully saturated rings. The fourth-order valence-corrected chi connectivity index (χ4v) is 2.87. The summed E-state index contributed by atoms with van der Waals surface area (Å²) in [6.07, 6.45) is 1.30. The maximum absolute atomic E-state index is 12.0. The van der Waals surface area contributed by atoms with Crippen LogP contribution in [0.2, 0.25) is 0 Å². The van der Waals surface area contributed by atoms with Gasteiger partial charge in [-0.25, -0.2) is 18.4 Å². The van der Waals surface area contributed by atoms with Crippen molar-refractivity contribution < 1.29 is 22.7 Å². The second-order valence-corrected chi connectivity index (χ2v) is 6.19. The summed E-state index contributed by atoms with van der Waals surface area (Å²) in [6, 6.07) is 5.92. The van der Waals surface area contributed by atoms with Crippen LogP contribution in [0, 0.1) is 11.3 Å². The van der Waals surface area contributed by atoms with Gasteiger partial charge in [0.05, 0.1) is 25.5 Å². The van der Waals surface area contributed by atoms with Gasteiger partial charge in [-0.2, -0.15) is 5.26 Å². The van der Waals surface area contributed by atoms with Crippen LogP contribution in [0.3, 0.4) is 0 Å². The summed E-state index contributed by atoms with van der Waals surface area (Å²) in [5.41, 5.74) is 5.92. The van der Waals surface area contributed by atoms with E-state index in [1.807, 2.05) is 6.07 Å². The standard InChI is InChI=1S/C14H14N4O5S/c1-22-10-4-3-9(5-11(10)24(17,20)21)18-7-8(6-15)12(16)13(18)14(19)23-2/h3-5,7H,16H2,1-2H3,(H2,17,20,21). The molecule has 0 aliphatic carbocycles. The number of hydrogen-bond acceptors (Lipinski definition) is 7. The number of primary sulfonamides is 1. The van der Waals surface area contributed by atoms with Crippen LogP contribution in [0.5, 0.6) is 5.75 Å². The molecule has 0 bridgehead atoms. The first-order valence-electron chi connectivity index (χ1n) is 6.45. The Bertz CT molecular complexity index is 956. The van der Waals surface area contributed by atoms with Gasteiger partial charge >= 0.3 is 5.97 Å². The smallest absolute Gasteiger partial charge is 0.357 e. The molecule has 0 aliphatic rings. The van der Waals surface area contributed by atoms with Crippen LogP contribution in [-0.4, -0.2) is 33.2 Å². The SMILES string of the molecule is COC(=O)c1c(N)c(C#N)cn1-c1ccc(OC)c(S(N)(=O)=O)c1. The van der Waals surface area contributed by atoms with E-state index in [0.717, 1.165) is 7.11 Å². The highest BCUT2D eigenvalue weighted by atomic mass is 32.2. The van der Waals surface area contributed by atoms with E-state index in [0.29, 0.717) is 0 Å². The molecule has 1 aromatic heterocycles. The van der Waals surface area contributed by atoms with Crippen molar-refractivity contribution in [2.75, 3.05) is 20.0 Å². The van der Waals surface area contributed by atoms with Crippen molar-refractivity contribution in [2.24, 2.45) is 5.14 Å². The largest absolute Gasteiger partial charge is 0.495 e. The molecule has 1 heterocycles. The van der Waals surface area contributed by atoms with E-state index in [1.54, 1.807) is 0 Å². The summed E-state index contributed by atoms with van der Waals surface area (Å²) >= 11 is 0. The molecular formula is C14H14N4O5S. The first-order valence-corrected chi connectivity index (χ1v) is 7.99. The molecule has 2 rings (SSSR count). The summed E-state index contributed by atoms with van der Waals surface area (Å²) in [7, 11) is -1.62. The maximum atomic E-state index is 12.0. The zero-order chi connectivity index (χ0) is 18.1. The van der Waals surface area contributed by atoms with E-state index >= 15 is 0 Å². The summed E-state index contributed by atoms with van der Waals surface area (Å²) in [5.74, 6) is -0.733. The molecule has 0 saturated heterocycles. The van der Waals surface area contributed by atoms with Gasteiger partial charge in [0.2, 0.25) is 10.0 Å². The third-order valence-corrected chi connectivity index (χ3v) is 4.21. The maximum Gasteiger partial charge on any atom is 0.357 e. The minimum absolute atomic E-state index is 0.0431. The third-order valence-electron chi connectivity index (χ3n) is 3.28. The number of rotatable bonds is 4. The Morgan fingerprint density at radius 2 is 2.00 bits per heavy atom. The molecule has 2 aromatic rings. The minimum atomic E-state index is -4.07. The summed E-state index contributed by atoms with van der Waals surface area (Å²) in [4.78, 5) is 11.7. The van der Waals surface area contributed by atoms with E-state index in [9.17, 15) is 13.2 Å². The van der Waals surface area contributed by atoms with Crippen LogP contribution in [-0.2, 0) is 14.8 Å². The lowest BCUT2D eigenvalue weighted by molar-refractivity contribution is 0.0593. The van der Waals surface area contributed by atoms with Gasteiger partial charge in [-0.3, -0.25) is 0 Å². The van der Waals surface area contributed by atoms with Crippen molar-refractivity contribution in [1.29, 1.82) is 5.26 Å². The zero-order valence-corrected chi connectivity index (χ0v) is 13.6. The predicted octanol–water partition coefficient (Wildman–Crippen LogP) is 0.374. The van der Waals surface area contributed by atoms with Crippen LogP contribution < -0.4 is 15.6 Å². The third kappa shape index (κ3) is 2.90. The summed E-state index contributed by atoms with van der Waals surface area (Å²) < 4.78 is 34.3. The number of sulfonamides is 1. The molecule has 1 aromatic carbocycles. The molecule has 0 unspecified atom stereocenters. The Labute approximate surface area is 138 Å². The molecule has 126 valence electrons. The Kier molecular flexibility index (Phi) is 4.50. The summed E-state index contributed by atoms with van der Waals surface area (Å²) in [6.45, 7) is 0. The molecule has 4 N–H and O–H groups in total. The van der Waals surface area contributed by atoms with Gasteiger partial charge in [0.25, 0.3) is 0 Å². The van der Waals surface area contributed by atoms with Gasteiger partial charge in [-0.1, -0.05) is 0 Å². The molecular weight excluding hydrogens is 336 g/mol. The number of nitrogens with two attached hydrogens (primary N) is 2. The number of esters is 1. The Morgan fingerprint density at radius 3 is 2.50 bits per heavy atom. The minimum Gasteiger partial charge on any atom is -0.495 e. The van der Waals surface area contributed by atoms with E-state index in [2.05, 4.69) is 4.74 Å².